The number of nitrogens with zero attached hydrogens (tertiary/aromatic N) is 3. The molecule has 27 heavy (non-hydrogen) atoms. The zero-order valence-corrected chi connectivity index (χ0v) is 15.1. The number of methoxy groups -OCH3 is 1. The maximum absolute atomic E-state index is 6.09. The van der Waals surface area contributed by atoms with Gasteiger partial charge in [0.25, 0.3) is 0 Å². The summed E-state index contributed by atoms with van der Waals surface area (Å²) in [5, 5.41) is 3.39. The van der Waals surface area contributed by atoms with Gasteiger partial charge in [0.2, 0.25) is 0 Å². The van der Waals surface area contributed by atoms with Gasteiger partial charge in [0.1, 0.15) is 29.6 Å². The Balaban J connectivity index is 1.45. The van der Waals surface area contributed by atoms with E-state index in [1.54, 1.807) is 13.4 Å². The number of hydrogen-bond acceptors (Lipinski definition) is 5. The van der Waals surface area contributed by atoms with Gasteiger partial charge in [0.05, 0.1) is 19.1 Å². The number of morpholine rings is 1. The lowest BCUT2D eigenvalue weighted by Crippen LogP contribution is -2.39. The van der Waals surface area contributed by atoms with Crippen LogP contribution >= 0.6 is 0 Å². The highest BCUT2D eigenvalue weighted by Crippen LogP contribution is 2.31. The lowest BCUT2D eigenvalue weighted by atomic mass is 10.0. The van der Waals surface area contributed by atoms with Gasteiger partial charge in [-0.15, -0.1) is 0 Å². The second-order valence-electron chi connectivity index (χ2n) is 6.72. The van der Waals surface area contributed by atoms with Gasteiger partial charge in [-0.1, -0.05) is 18.2 Å². The summed E-state index contributed by atoms with van der Waals surface area (Å²) in [5.41, 5.74) is 2.04. The Hall–Kier alpha value is -3.12. The number of nitrogens with one attached hydrogen (secondary N) is 1. The van der Waals surface area contributed by atoms with Crippen LogP contribution in [0.15, 0.2) is 55.0 Å². The molecule has 1 aliphatic heterocycles. The molecule has 1 aliphatic rings. The fraction of sp³-hybridized carbons (Fsp3) is 0.238. The first kappa shape index (κ1) is 16.1. The van der Waals surface area contributed by atoms with Crippen LogP contribution in [0.25, 0.3) is 21.8 Å². The molecule has 1 N–H and O–H groups in total. The Morgan fingerprint density at radius 3 is 2.93 bits per heavy atom. The van der Waals surface area contributed by atoms with Crippen LogP contribution in [-0.2, 0) is 4.74 Å². The first-order valence-corrected chi connectivity index (χ1v) is 9.04. The van der Waals surface area contributed by atoms with Crippen molar-refractivity contribution in [3.63, 3.8) is 0 Å². The van der Waals surface area contributed by atoms with Crippen LogP contribution in [0.4, 0.5) is 5.82 Å². The number of ether oxygens (including phenoxy) is 2. The molecule has 0 amide bonds. The molecule has 3 heterocycles. The summed E-state index contributed by atoms with van der Waals surface area (Å²) in [4.78, 5) is 14.2. The lowest BCUT2D eigenvalue weighted by molar-refractivity contribution is 0.0397. The van der Waals surface area contributed by atoms with Crippen molar-refractivity contribution in [1.82, 2.24) is 15.0 Å². The van der Waals surface area contributed by atoms with E-state index in [9.17, 15) is 0 Å². The number of benzene rings is 2. The van der Waals surface area contributed by atoms with E-state index >= 15 is 0 Å². The predicted molar refractivity (Wildman–Crippen MR) is 105 cm³/mol. The predicted octanol–water partition coefficient (Wildman–Crippen LogP) is 3.70. The van der Waals surface area contributed by atoms with Crippen LogP contribution in [0, 0.1) is 0 Å². The zero-order chi connectivity index (χ0) is 18.2. The number of aromatic nitrogens is 3. The van der Waals surface area contributed by atoms with E-state index in [2.05, 4.69) is 50.2 Å². The minimum absolute atomic E-state index is 0.00853. The molecule has 136 valence electrons. The molecule has 1 saturated heterocycles. The molecule has 2 aromatic heterocycles. The molecule has 0 bridgehead atoms. The summed E-state index contributed by atoms with van der Waals surface area (Å²) < 4.78 is 11.4. The van der Waals surface area contributed by atoms with Gasteiger partial charge in [-0.25, -0.2) is 9.97 Å². The molecule has 0 spiro atoms. The van der Waals surface area contributed by atoms with Crippen LogP contribution < -0.4 is 9.64 Å². The molecule has 5 rings (SSSR count). The molecule has 0 unspecified atom stereocenters. The van der Waals surface area contributed by atoms with Gasteiger partial charge in [-0.2, -0.15) is 0 Å². The van der Waals surface area contributed by atoms with Crippen molar-refractivity contribution in [1.29, 1.82) is 0 Å². The van der Waals surface area contributed by atoms with E-state index in [-0.39, 0.29) is 6.10 Å². The summed E-state index contributed by atoms with van der Waals surface area (Å²) in [6.07, 6.45) is 3.52. The highest BCUT2D eigenvalue weighted by molar-refractivity contribution is 5.87. The highest BCUT2D eigenvalue weighted by atomic mass is 16.5. The van der Waals surface area contributed by atoms with E-state index in [1.165, 1.54) is 10.9 Å². The standard InChI is InChI=1S/C21H20N4O2/c1-26-17-5-4-14-10-16(3-2-15(14)11-17)19-12-25(8-9-27-19)21-18-6-7-22-20(18)23-13-24-21/h2-7,10-11,13,19H,8-9,12H2,1H3,(H,22,23,24)/t19-/m1/s1. The summed E-state index contributed by atoms with van der Waals surface area (Å²) in [6.45, 7) is 2.25. The highest BCUT2D eigenvalue weighted by Gasteiger charge is 2.24. The third kappa shape index (κ3) is 2.88. The van der Waals surface area contributed by atoms with E-state index in [4.69, 9.17) is 9.47 Å². The van der Waals surface area contributed by atoms with Crippen LogP contribution in [0.1, 0.15) is 11.7 Å². The van der Waals surface area contributed by atoms with Gasteiger partial charge < -0.3 is 19.4 Å². The number of H-pyrrole nitrogens is 1. The molecule has 0 aliphatic carbocycles. The van der Waals surface area contributed by atoms with Crippen molar-refractivity contribution in [3.8, 4) is 5.75 Å². The number of aromatic amines is 1. The Kier molecular flexibility index (Phi) is 3.90. The minimum Gasteiger partial charge on any atom is -0.497 e. The molecule has 2 aromatic carbocycles. The van der Waals surface area contributed by atoms with E-state index in [1.807, 2.05) is 18.3 Å². The van der Waals surface area contributed by atoms with Crippen LogP contribution in [0.2, 0.25) is 0 Å². The van der Waals surface area contributed by atoms with Crippen LogP contribution in [0.5, 0.6) is 5.75 Å². The Morgan fingerprint density at radius 1 is 1.11 bits per heavy atom. The Labute approximate surface area is 156 Å². The van der Waals surface area contributed by atoms with E-state index in [0.717, 1.165) is 41.1 Å². The first-order chi connectivity index (χ1) is 13.3. The molecule has 0 saturated carbocycles. The second-order valence-corrected chi connectivity index (χ2v) is 6.72. The van der Waals surface area contributed by atoms with Crippen LogP contribution in [-0.4, -0.2) is 41.8 Å². The molecule has 1 atom stereocenters. The molecular weight excluding hydrogens is 340 g/mol. The van der Waals surface area contributed by atoms with E-state index in [0.29, 0.717) is 6.61 Å². The third-order valence-electron chi connectivity index (χ3n) is 5.14. The maximum Gasteiger partial charge on any atom is 0.142 e. The molecule has 6 heteroatoms. The van der Waals surface area contributed by atoms with Crippen molar-refractivity contribution in [3.05, 3.63) is 60.6 Å². The Bertz CT molecular complexity index is 1110. The summed E-state index contributed by atoms with van der Waals surface area (Å²) in [7, 11) is 1.69. The molecule has 1 fully saturated rings. The summed E-state index contributed by atoms with van der Waals surface area (Å²) >= 11 is 0. The first-order valence-electron chi connectivity index (χ1n) is 9.04. The fourth-order valence-electron chi connectivity index (χ4n) is 3.72. The zero-order valence-electron chi connectivity index (χ0n) is 15.1. The molecular formula is C21H20N4O2. The van der Waals surface area contributed by atoms with Gasteiger partial charge in [-0.05, 0) is 40.6 Å². The monoisotopic (exact) mass is 360 g/mol. The largest absolute Gasteiger partial charge is 0.497 e. The average Bonchev–Trinajstić information content (AvgIpc) is 3.22. The average molecular weight is 360 g/mol. The maximum atomic E-state index is 6.09. The number of fused-ring (bicyclic) bond motifs is 2. The van der Waals surface area contributed by atoms with Crippen molar-refractivity contribution >= 4 is 27.6 Å². The minimum atomic E-state index is 0.00853. The number of anilines is 1. The number of rotatable bonds is 3. The SMILES string of the molecule is COc1ccc2cc([C@H]3CN(c4ncnc5[nH]ccc45)CCO3)ccc2c1. The van der Waals surface area contributed by atoms with Crippen molar-refractivity contribution < 1.29 is 9.47 Å². The fourth-order valence-corrected chi connectivity index (χ4v) is 3.72. The van der Waals surface area contributed by atoms with Crippen molar-refractivity contribution in [2.45, 2.75) is 6.10 Å². The quantitative estimate of drug-likeness (QED) is 0.604. The van der Waals surface area contributed by atoms with Gasteiger partial charge >= 0.3 is 0 Å². The third-order valence-corrected chi connectivity index (χ3v) is 5.14. The lowest BCUT2D eigenvalue weighted by Gasteiger charge is -2.34. The van der Waals surface area contributed by atoms with Crippen LogP contribution in [0.3, 0.4) is 0 Å². The number of hydrogen-bond donors (Lipinski definition) is 1. The molecule has 0 radical (unpaired) electrons. The van der Waals surface area contributed by atoms with Crippen molar-refractivity contribution in [2.75, 3.05) is 31.7 Å². The molecule has 4 aromatic rings. The Morgan fingerprint density at radius 2 is 2.00 bits per heavy atom. The normalized spacial score (nSPS) is 17.5. The van der Waals surface area contributed by atoms with Gasteiger partial charge in [0.15, 0.2) is 0 Å². The van der Waals surface area contributed by atoms with Gasteiger partial charge in [-0.3, -0.25) is 0 Å². The summed E-state index contributed by atoms with van der Waals surface area (Å²) in [5.74, 6) is 1.83. The van der Waals surface area contributed by atoms with Crippen molar-refractivity contribution in [2.24, 2.45) is 0 Å². The molecule has 6 nitrogen and oxygen atoms in total. The topological polar surface area (TPSA) is 63.3 Å². The smallest absolute Gasteiger partial charge is 0.142 e. The van der Waals surface area contributed by atoms with Gasteiger partial charge in [0, 0.05) is 19.3 Å². The second kappa shape index (κ2) is 6.55. The van der Waals surface area contributed by atoms with E-state index < -0.39 is 0 Å². The summed E-state index contributed by atoms with van der Waals surface area (Å²) in [6, 6.07) is 14.6.